The number of nitrogens with zero attached hydrogens (tertiary/aromatic N) is 2. The Morgan fingerprint density at radius 3 is 2.00 bits per heavy atom. The van der Waals surface area contributed by atoms with Gasteiger partial charge in [0.1, 0.15) is 5.75 Å². The van der Waals surface area contributed by atoms with Gasteiger partial charge in [-0.05, 0) is 49.7 Å². The summed E-state index contributed by atoms with van der Waals surface area (Å²) in [6.07, 6.45) is 3.14. The van der Waals surface area contributed by atoms with Crippen LogP contribution in [0, 0.1) is 0 Å². The van der Waals surface area contributed by atoms with Crippen LogP contribution in [0.3, 0.4) is 0 Å². The molecule has 0 fully saturated rings. The van der Waals surface area contributed by atoms with Crippen molar-refractivity contribution in [3.05, 3.63) is 72.1 Å². The van der Waals surface area contributed by atoms with Crippen molar-refractivity contribution in [3.8, 4) is 22.9 Å². The Labute approximate surface area is 243 Å². The van der Waals surface area contributed by atoms with Gasteiger partial charge in [0.05, 0.1) is 36.7 Å². The minimum Gasteiger partial charge on any atom is -0.490 e. The van der Waals surface area contributed by atoms with E-state index in [1.807, 2.05) is 0 Å². The molecule has 0 bridgehead atoms. The van der Waals surface area contributed by atoms with Gasteiger partial charge < -0.3 is 18.9 Å². The maximum Gasteiger partial charge on any atom is 0.427 e. The lowest BCUT2D eigenvalue weighted by Crippen LogP contribution is -2.37. The largest absolute Gasteiger partial charge is 0.490 e. The first-order valence-corrected chi connectivity index (χ1v) is 13.9. The Kier molecular flexibility index (Phi) is 12.7. The zero-order valence-corrected chi connectivity index (χ0v) is 23.7. The summed E-state index contributed by atoms with van der Waals surface area (Å²) in [7, 11) is 0. The zero-order chi connectivity index (χ0) is 30.4. The third-order valence-electron chi connectivity index (χ3n) is 6.16. The summed E-state index contributed by atoms with van der Waals surface area (Å²) in [5.41, 5.74) is 0.812. The van der Waals surface area contributed by atoms with E-state index in [-0.39, 0.29) is 23.5 Å². The molecule has 1 aromatic heterocycles. The van der Waals surface area contributed by atoms with Crippen molar-refractivity contribution in [3.63, 3.8) is 0 Å². The van der Waals surface area contributed by atoms with Crippen LogP contribution in [0.25, 0.3) is 11.4 Å². The van der Waals surface area contributed by atoms with Crippen molar-refractivity contribution in [2.24, 2.45) is 0 Å². The Morgan fingerprint density at radius 1 is 0.786 bits per heavy atom. The number of rotatable bonds is 16. The molecule has 1 heterocycles. The molecule has 3 aromatic rings. The molecule has 0 N–H and O–H groups in total. The number of aromatic nitrogens is 2. The van der Waals surface area contributed by atoms with Gasteiger partial charge in [-0.25, -0.2) is 19.6 Å². The highest BCUT2D eigenvalue weighted by Gasteiger charge is 2.43. The molecule has 0 aliphatic rings. The van der Waals surface area contributed by atoms with Gasteiger partial charge in [0.2, 0.25) is 6.10 Å². The molecule has 0 spiro atoms. The third kappa shape index (κ3) is 10.4. The van der Waals surface area contributed by atoms with Gasteiger partial charge >= 0.3 is 18.1 Å². The molecular formula is C31H35F3N2O6. The number of halogens is 3. The second-order valence-electron chi connectivity index (χ2n) is 9.44. The summed E-state index contributed by atoms with van der Waals surface area (Å²) in [5, 5.41) is 0. The van der Waals surface area contributed by atoms with Crippen LogP contribution >= 0.6 is 0 Å². The number of hydrogen-bond donors (Lipinski definition) is 0. The van der Waals surface area contributed by atoms with Crippen LogP contribution in [-0.2, 0) is 9.47 Å². The second-order valence-corrected chi connectivity index (χ2v) is 9.44. The predicted molar refractivity (Wildman–Crippen MR) is 149 cm³/mol. The number of hydrogen-bond acceptors (Lipinski definition) is 8. The molecule has 8 nitrogen and oxygen atoms in total. The molecule has 0 saturated carbocycles. The second kappa shape index (κ2) is 16.5. The Morgan fingerprint density at radius 2 is 1.38 bits per heavy atom. The fourth-order valence-electron chi connectivity index (χ4n) is 3.81. The highest BCUT2D eigenvalue weighted by Crippen LogP contribution is 2.25. The van der Waals surface area contributed by atoms with E-state index in [1.54, 1.807) is 36.7 Å². The van der Waals surface area contributed by atoms with Crippen molar-refractivity contribution in [1.29, 1.82) is 0 Å². The van der Waals surface area contributed by atoms with E-state index in [1.165, 1.54) is 56.9 Å². The average molecular weight is 589 g/mol. The lowest BCUT2D eigenvalue weighted by Gasteiger charge is -2.20. The van der Waals surface area contributed by atoms with E-state index in [9.17, 15) is 22.8 Å². The predicted octanol–water partition coefficient (Wildman–Crippen LogP) is 7.23. The number of unbranched alkanes of at least 4 members (excludes halogenated alkanes) is 5. The fourth-order valence-corrected chi connectivity index (χ4v) is 3.81. The first-order valence-electron chi connectivity index (χ1n) is 13.9. The molecule has 0 amide bonds. The van der Waals surface area contributed by atoms with Crippen LogP contribution in [0.1, 0.15) is 73.1 Å². The molecule has 2 aromatic carbocycles. The zero-order valence-electron chi connectivity index (χ0n) is 23.7. The molecule has 11 heteroatoms. The molecule has 0 radical (unpaired) electrons. The van der Waals surface area contributed by atoms with Crippen LogP contribution in [0.15, 0.2) is 60.9 Å². The van der Waals surface area contributed by atoms with Crippen LogP contribution < -0.4 is 9.47 Å². The molecule has 42 heavy (non-hydrogen) atoms. The summed E-state index contributed by atoms with van der Waals surface area (Å²) in [5.74, 6) is -0.673. The maximum atomic E-state index is 13.1. The van der Waals surface area contributed by atoms with Crippen molar-refractivity contribution in [2.45, 2.75) is 64.7 Å². The first-order chi connectivity index (χ1) is 20.2. The topological polar surface area (TPSA) is 96.8 Å². The fraction of sp³-hybridized carbons (Fsp3) is 0.419. The molecule has 0 saturated heterocycles. The van der Waals surface area contributed by atoms with Crippen LogP contribution in [0.4, 0.5) is 13.2 Å². The van der Waals surface area contributed by atoms with E-state index >= 15 is 0 Å². The summed E-state index contributed by atoms with van der Waals surface area (Å²) >= 11 is 0. The van der Waals surface area contributed by atoms with Gasteiger partial charge in [0.15, 0.2) is 11.6 Å². The lowest BCUT2D eigenvalue weighted by molar-refractivity contribution is -0.217. The molecule has 1 atom stereocenters. The molecular weight excluding hydrogens is 553 g/mol. The highest BCUT2D eigenvalue weighted by atomic mass is 19.4. The van der Waals surface area contributed by atoms with Crippen LogP contribution in [0.2, 0.25) is 0 Å². The highest BCUT2D eigenvalue weighted by molar-refractivity contribution is 5.92. The monoisotopic (exact) mass is 588 g/mol. The Balaban J connectivity index is 1.50. The summed E-state index contributed by atoms with van der Waals surface area (Å²) in [6.45, 7) is 3.59. The SMILES string of the molecule is CCCCCCCCOc1cnc(-c2ccc(C(=O)Oc3ccc(C(=O)OC(COCC)C(F)(F)F)cc3)cc2)nc1. The van der Waals surface area contributed by atoms with E-state index in [0.29, 0.717) is 23.7 Å². The third-order valence-corrected chi connectivity index (χ3v) is 6.16. The maximum absolute atomic E-state index is 13.1. The van der Waals surface area contributed by atoms with Crippen molar-refractivity contribution in [1.82, 2.24) is 9.97 Å². The lowest BCUT2D eigenvalue weighted by atomic mass is 10.1. The normalized spacial score (nSPS) is 12.0. The van der Waals surface area contributed by atoms with E-state index in [4.69, 9.17) is 14.2 Å². The van der Waals surface area contributed by atoms with Crippen molar-refractivity contribution >= 4 is 11.9 Å². The number of alkyl halides is 3. The van der Waals surface area contributed by atoms with Crippen LogP contribution in [0.5, 0.6) is 11.5 Å². The molecule has 226 valence electrons. The van der Waals surface area contributed by atoms with E-state index < -0.39 is 30.8 Å². The minimum absolute atomic E-state index is 0.0443. The van der Waals surface area contributed by atoms with Gasteiger partial charge in [-0.1, -0.05) is 51.2 Å². The quantitative estimate of drug-likeness (QED) is 0.0983. The van der Waals surface area contributed by atoms with E-state index in [0.717, 1.165) is 12.8 Å². The van der Waals surface area contributed by atoms with Crippen molar-refractivity contribution < 1.29 is 41.7 Å². The van der Waals surface area contributed by atoms with Gasteiger partial charge in [-0.2, -0.15) is 13.2 Å². The Bertz CT molecular complexity index is 1250. The van der Waals surface area contributed by atoms with Gasteiger partial charge in [0, 0.05) is 12.2 Å². The Hall–Kier alpha value is -3.99. The first kappa shape index (κ1) is 32.5. The number of carbonyl (C=O) groups is 2. The van der Waals surface area contributed by atoms with Crippen LogP contribution in [-0.4, -0.2) is 54.0 Å². The summed E-state index contributed by atoms with van der Waals surface area (Å²) in [4.78, 5) is 33.4. The molecule has 0 aliphatic carbocycles. The summed E-state index contributed by atoms with van der Waals surface area (Å²) < 4.78 is 59.6. The molecule has 3 rings (SSSR count). The van der Waals surface area contributed by atoms with Gasteiger partial charge in [0.25, 0.3) is 0 Å². The molecule has 1 unspecified atom stereocenters. The summed E-state index contributed by atoms with van der Waals surface area (Å²) in [6, 6.07) is 11.5. The average Bonchev–Trinajstić information content (AvgIpc) is 2.99. The van der Waals surface area contributed by atoms with Gasteiger partial charge in [-0.15, -0.1) is 0 Å². The number of esters is 2. The van der Waals surface area contributed by atoms with Crippen molar-refractivity contribution in [2.75, 3.05) is 19.8 Å². The smallest absolute Gasteiger partial charge is 0.427 e. The van der Waals surface area contributed by atoms with E-state index in [2.05, 4.69) is 21.6 Å². The van der Waals surface area contributed by atoms with Gasteiger partial charge in [-0.3, -0.25) is 0 Å². The minimum atomic E-state index is -4.77. The standard InChI is InChI=1S/C31H35F3N2O6/c1-3-5-6-7-8-9-18-40-26-19-35-28(36-20-26)22-10-12-23(13-11-22)29(37)41-25-16-14-24(15-17-25)30(38)42-27(21-39-4-2)31(32,33)34/h10-17,19-20,27H,3-9,18,21H2,1-2H3. The number of ether oxygens (including phenoxy) is 4. The number of carbonyl (C=O) groups excluding carboxylic acids is 2. The molecule has 0 aliphatic heterocycles. The number of benzene rings is 2.